The highest BCUT2D eigenvalue weighted by atomic mass is 32.2. The summed E-state index contributed by atoms with van der Waals surface area (Å²) in [5, 5.41) is -0.407. The molecule has 1 rings (SSSR count). The van der Waals surface area contributed by atoms with Gasteiger partial charge in [0.2, 0.25) is 0 Å². The number of hydrogen-bond acceptors (Lipinski definition) is 4. The summed E-state index contributed by atoms with van der Waals surface area (Å²) in [6, 6.07) is 0. The van der Waals surface area contributed by atoms with Crippen LogP contribution in [0.2, 0.25) is 0 Å². The van der Waals surface area contributed by atoms with Gasteiger partial charge in [0.25, 0.3) is 0 Å². The zero-order valence-electron chi connectivity index (χ0n) is 10.5. The molecular weight excluding hydrogens is 242 g/mol. The summed E-state index contributed by atoms with van der Waals surface area (Å²) >= 11 is 0. The fourth-order valence-electron chi connectivity index (χ4n) is 1.64. The van der Waals surface area contributed by atoms with E-state index in [0.717, 1.165) is 25.7 Å². The van der Waals surface area contributed by atoms with Crippen LogP contribution in [0.1, 0.15) is 32.6 Å². The van der Waals surface area contributed by atoms with Crippen molar-refractivity contribution in [2.75, 3.05) is 26.0 Å². The van der Waals surface area contributed by atoms with E-state index in [2.05, 4.69) is 6.92 Å². The molecule has 0 aromatic heterocycles. The molecule has 0 aromatic rings. The van der Waals surface area contributed by atoms with Crippen LogP contribution in [0.3, 0.4) is 0 Å². The highest BCUT2D eigenvalue weighted by Crippen LogP contribution is 2.16. The lowest BCUT2D eigenvalue weighted by Gasteiger charge is -2.36. The van der Waals surface area contributed by atoms with Crippen molar-refractivity contribution in [3.63, 3.8) is 0 Å². The molecule has 1 saturated heterocycles. The first-order valence-corrected chi connectivity index (χ1v) is 8.01. The Labute approximate surface area is 103 Å². The maximum absolute atomic E-state index is 11.4. The quantitative estimate of drug-likeness (QED) is 0.680. The van der Waals surface area contributed by atoms with E-state index in [1.54, 1.807) is 0 Å². The highest BCUT2D eigenvalue weighted by molar-refractivity contribution is 7.91. The van der Waals surface area contributed by atoms with Crippen LogP contribution >= 0.6 is 0 Å². The molecule has 1 fully saturated rings. The second kappa shape index (κ2) is 6.23. The van der Waals surface area contributed by atoms with Crippen molar-refractivity contribution in [1.29, 1.82) is 0 Å². The van der Waals surface area contributed by atoms with E-state index in [1.165, 1.54) is 11.2 Å². The van der Waals surface area contributed by atoms with Crippen molar-refractivity contribution >= 4 is 15.9 Å². The Morgan fingerprint density at radius 2 is 1.94 bits per heavy atom. The Morgan fingerprint density at radius 3 is 2.47 bits per heavy atom. The van der Waals surface area contributed by atoms with Crippen LogP contribution in [0, 0.1) is 0 Å². The molecule has 5 nitrogen and oxygen atoms in total. The Balaban J connectivity index is 2.11. The third-order valence-electron chi connectivity index (χ3n) is 2.94. The summed E-state index contributed by atoms with van der Waals surface area (Å²) in [7, 11) is -3.01. The number of rotatable bonds is 6. The van der Waals surface area contributed by atoms with Crippen LogP contribution < -0.4 is 0 Å². The molecule has 1 amide bonds. The summed E-state index contributed by atoms with van der Waals surface area (Å²) < 4.78 is 27.3. The fourth-order valence-corrected chi connectivity index (χ4v) is 2.54. The van der Waals surface area contributed by atoms with E-state index in [0.29, 0.717) is 6.61 Å². The van der Waals surface area contributed by atoms with Gasteiger partial charge in [0.15, 0.2) is 9.84 Å². The Morgan fingerprint density at radius 1 is 1.29 bits per heavy atom. The van der Waals surface area contributed by atoms with Gasteiger partial charge in [-0.1, -0.05) is 26.2 Å². The van der Waals surface area contributed by atoms with E-state index in [1.807, 2.05) is 0 Å². The predicted molar refractivity (Wildman–Crippen MR) is 65.7 cm³/mol. The second-order valence-corrected chi connectivity index (χ2v) is 6.86. The molecule has 0 atom stereocenters. The molecule has 0 radical (unpaired) electrons. The lowest BCUT2D eigenvalue weighted by atomic mass is 10.2. The number of sulfone groups is 1. The van der Waals surface area contributed by atoms with Crippen LogP contribution in [0.25, 0.3) is 0 Å². The summed E-state index contributed by atoms with van der Waals surface area (Å²) in [5.74, 6) is 0. The smallest absolute Gasteiger partial charge is 0.409 e. The van der Waals surface area contributed by atoms with Crippen LogP contribution in [0.15, 0.2) is 0 Å². The van der Waals surface area contributed by atoms with Crippen LogP contribution in [0.5, 0.6) is 0 Å². The van der Waals surface area contributed by atoms with Gasteiger partial charge in [0, 0.05) is 19.3 Å². The zero-order chi connectivity index (χ0) is 12.9. The van der Waals surface area contributed by atoms with E-state index >= 15 is 0 Å². The van der Waals surface area contributed by atoms with Gasteiger partial charge in [0.05, 0.1) is 11.9 Å². The standard InChI is InChI=1S/C11H21NO4S/c1-3-4-5-6-7-16-11(13)12-8-10(9-12)17(2,14)15/h10H,3-9H2,1-2H3. The maximum Gasteiger partial charge on any atom is 0.409 e. The first-order valence-electron chi connectivity index (χ1n) is 6.05. The van der Waals surface area contributed by atoms with Crippen molar-refractivity contribution in [2.45, 2.75) is 37.9 Å². The van der Waals surface area contributed by atoms with Gasteiger partial charge in [-0.25, -0.2) is 13.2 Å². The third-order valence-corrected chi connectivity index (χ3v) is 4.44. The average Bonchev–Trinajstić information content (AvgIpc) is 2.12. The van der Waals surface area contributed by atoms with Gasteiger partial charge < -0.3 is 9.64 Å². The monoisotopic (exact) mass is 263 g/mol. The molecule has 0 spiro atoms. The summed E-state index contributed by atoms with van der Waals surface area (Å²) in [5.41, 5.74) is 0. The molecule has 0 bridgehead atoms. The normalized spacial score (nSPS) is 16.7. The summed E-state index contributed by atoms with van der Waals surface area (Å²) in [6.07, 6.45) is 5.05. The molecular formula is C11H21NO4S. The van der Waals surface area contributed by atoms with Gasteiger partial charge in [-0.2, -0.15) is 0 Å². The number of amides is 1. The first kappa shape index (κ1) is 14.3. The number of unbranched alkanes of at least 4 members (excludes halogenated alkanes) is 3. The molecule has 6 heteroatoms. The van der Waals surface area contributed by atoms with Gasteiger partial charge in [-0.15, -0.1) is 0 Å². The zero-order valence-corrected chi connectivity index (χ0v) is 11.3. The molecule has 1 aliphatic heterocycles. The number of likely N-dealkylation sites (tertiary alicyclic amines) is 1. The number of nitrogens with zero attached hydrogens (tertiary/aromatic N) is 1. The number of ether oxygens (including phenoxy) is 1. The Hall–Kier alpha value is -0.780. The maximum atomic E-state index is 11.4. The second-order valence-electron chi connectivity index (χ2n) is 4.53. The summed E-state index contributed by atoms with van der Waals surface area (Å²) in [6.45, 7) is 3.09. The van der Waals surface area contributed by atoms with Crippen molar-refractivity contribution in [2.24, 2.45) is 0 Å². The lowest BCUT2D eigenvalue weighted by Crippen LogP contribution is -2.56. The van der Waals surface area contributed by atoms with Crippen molar-refractivity contribution in [3.05, 3.63) is 0 Å². The first-order chi connectivity index (χ1) is 7.95. The molecule has 0 saturated carbocycles. The van der Waals surface area contributed by atoms with Gasteiger partial charge in [-0.3, -0.25) is 0 Å². The third kappa shape index (κ3) is 4.53. The van der Waals surface area contributed by atoms with E-state index in [9.17, 15) is 13.2 Å². The van der Waals surface area contributed by atoms with Gasteiger partial charge >= 0.3 is 6.09 Å². The van der Waals surface area contributed by atoms with Crippen molar-refractivity contribution < 1.29 is 17.9 Å². The number of carbonyl (C=O) groups is 1. The molecule has 17 heavy (non-hydrogen) atoms. The average molecular weight is 263 g/mol. The highest BCUT2D eigenvalue weighted by Gasteiger charge is 2.37. The van der Waals surface area contributed by atoms with Crippen LogP contribution in [-0.2, 0) is 14.6 Å². The fraction of sp³-hybridized carbons (Fsp3) is 0.909. The van der Waals surface area contributed by atoms with E-state index in [-0.39, 0.29) is 19.2 Å². The topological polar surface area (TPSA) is 63.7 Å². The number of hydrogen-bond donors (Lipinski definition) is 0. The minimum Gasteiger partial charge on any atom is -0.449 e. The molecule has 0 aromatic carbocycles. The van der Waals surface area contributed by atoms with Crippen LogP contribution in [-0.4, -0.2) is 50.6 Å². The summed E-state index contributed by atoms with van der Waals surface area (Å²) in [4.78, 5) is 12.9. The van der Waals surface area contributed by atoms with Crippen molar-refractivity contribution in [3.8, 4) is 0 Å². The molecule has 0 unspecified atom stereocenters. The van der Waals surface area contributed by atoms with Gasteiger partial charge in [-0.05, 0) is 6.42 Å². The Bertz CT molecular complexity index is 346. The molecule has 0 aliphatic carbocycles. The minimum absolute atomic E-state index is 0.270. The van der Waals surface area contributed by atoms with E-state index in [4.69, 9.17) is 4.74 Å². The van der Waals surface area contributed by atoms with Gasteiger partial charge in [0.1, 0.15) is 0 Å². The largest absolute Gasteiger partial charge is 0.449 e. The molecule has 100 valence electrons. The lowest BCUT2D eigenvalue weighted by molar-refractivity contribution is 0.0809. The van der Waals surface area contributed by atoms with Crippen molar-refractivity contribution in [1.82, 2.24) is 4.90 Å². The predicted octanol–water partition coefficient (Wildman–Crippen LogP) is 1.43. The molecule has 1 aliphatic rings. The minimum atomic E-state index is -3.01. The number of carbonyl (C=O) groups excluding carboxylic acids is 1. The van der Waals surface area contributed by atoms with Crippen LogP contribution in [0.4, 0.5) is 4.79 Å². The Kier molecular flexibility index (Phi) is 5.24. The van der Waals surface area contributed by atoms with E-state index < -0.39 is 15.1 Å². The molecule has 1 heterocycles. The molecule has 0 N–H and O–H groups in total. The SMILES string of the molecule is CCCCCCOC(=O)N1CC(S(C)(=O)=O)C1.